The van der Waals surface area contributed by atoms with Crippen molar-refractivity contribution in [1.29, 1.82) is 0 Å². The minimum atomic E-state index is -0.407. The van der Waals surface area contributed by atoms with Gasteiger partial charge >= 0.3 is 0 Å². The fourth-order valence-corrected chi connectivity index (χ4v) is 2.72. The van der Waals surface area contributed by atoms with Gasteiger partial charge in [-0.05, 0) is 53.2 Å². The van der Waals surface area contributed by atoms with E-state index in [4.69, 9.17) is 4.74 Å². The molecule has 1 heterocycles. The van der Waals surface area contributed by atoms with Gasteiger partial charge in [0.2, 0.25) is 5.91 Å². The van der Waals surface area contributed by atoms with Crippen LogP contribution in [0.1, 0.15) is 17.4 Å². The molecule has 122 valence electrons. The van der Waals surface area contributed by atoms with Crippen LogP contribution in [0, 0.1) is 0 Å². The van der Waals surface area contributed by atoms with Crippen LogP contribution < -0.4 is 15.6 Å². The van der Waals surface area contributed by atoms with E-state index in [0.29, 0.717) is 12.3 Å². The van der Waals surface area contributed by atoms with Crippen molar-refractivity contribution in [3.63, 3.8) is 0 Å². The molecule has 2 amide bonds. The SMILES string of the molecule is CCOc1ccc(SCC(=O)NNC(=O)c2cc(Br)c[nH]2)cc1. The zero-order valence-corrected chi connectivity index (χ0v) is 14.8. The molecule has 0 atom stereocenters. The van der Waals surface area contributed by atoms with E-state index in [9.17, 15) is 9.59 Å². The highest BCUT2D eigenvalue weighted by Crippen LogP contribution is 2.21. The highest BCUT2D eigenvalue weighted by molar-refractivity contribution is 9.10. The molecule has 0 fully saturated rings. The van der Waals surface area contributed by atoms with Crippen molar-refractivity contribution in [2.75, 3.05) is 12.4 Å². The number of amides is 2. The van der Waals surface area contributed by atoms with Gasteiger partial charge < -0.3 is 9.72 Å². The molecule has 0 bridgehead atoms. The molecular formula is C15H16BrN3O3S. The zero-order chi connectivity index (χ0) is 16.7. The number of nitrogens with one attached hydrogen (secondary N) is 3. The molecule has 8 heteroatoms. The predicted molar refractivity (Wildman–Crippen MR) is 92.4 cm³/mol. The molecule has 1 aromatic heterocycles. The number of aromatic amines is 1. The Morgan fingerprint density at radius 2 is 2.00 bits per heavy atom. The van der Waals surface area contributed by atoms with Crippen molar-refractivity contribution in [2.45, 2.75) is 11.8 Å². The van der Waals surface area contributed by atoms with Crippen LogP contribution in [-0.2, 0) is 4.79 Å². The first-order valence-electron chi connectivity index (χ1n) is 6.87. The lowest BCUT2D eigenvalue weighted by Gasteiger charge is -2.07. The summed E-state index contributed by atoms with van der Waals surface area (Å²) in [5, 5.41) is 0. The number of hydrogen-bond acceptors (Lipinski definition) is 4. The Balaban J connectivity index is 1.73. The minimum Gasteiger partial charge on any atom is -0.494 e. The molecule has 3 N–H and O–H groups in total. The van der Waals surface area contributed by atoms with E-state index < -0.39 is 5.91 Å². The standard InChI is InChI=1S/C15H16BrN3O3S/c1-2-22-11-3-5-12(6-4-11)23-9-14(20)18-19-15(21)13-7-10(16)8-17-13/h3-8,17H,2,9H2,1H3,(H,18,20)(H,19,21). The maximum Gasteiger partial charge on any atom is 0.286 e. The number of hydrogen-bond donors (Lipinski definition) is 3. The lowest BCUT2D eigenvalue weighted by molar-refractivity contribution is -0.119. The quantitative estimate of drug-likeness (QED) is 0.516. The monoisotopic (exact) mass is 397 g/mol. The largest absolute Gasteiger partial charge is 0.494 e. The van der Waals surface area contributed by atoms with Crippen molar-refractivity contribution in [3.05, 3.63) is 46.7 Å². The molecule has 1 aromatic carbocycles. The van der Waals surface area contributed by atoms with Gasteiger partial charge in [-0.2, -0.15) is 0 Å². The van der Waals surface area contributed by atoms with Crippen molar-refractivity contribution in [2.24, 2.45) is 0 Å². The second-order valence-corrected chi connectivity index (χ2v) is 6.39. The second kappa shape index (κ2) is 8.64. The Morgan fingerprint density at radius 1 is 1.26 bits per heavy atom. The molecule has 23 heavy (non-hydrogen) atoms. The Kier molecular flexibility index (Phi) is 6.54. The number of aromatic nitrogens is 1. The minimum absolute atomic E-state index is 0.197. The normalized spacial score (nSPS) is 10.2. The van der Waals surface area contributed by atoms with E-state index in [2.05, 4.69) is 31.8 Å². The summed E-state index contributed by atoms with van der Waals surface area (Å²) in [7, 11) is 0. The van der Waals surface area contributed by atoms with Crippen LogP contribution in [-0.4, -0.2) is 29.2 Å². The molecule has 0 radical (unpaired) electrons. The van der Waals surface area contributed by atoms with Gasteiger partial charge in [0.1, 0.15) is 11.4 Å². The van der Waals surface area contributed by atoms with Crippen LogP contribution in [0.3, 0.4) is 0 Å². The number of H-pyrrole nitrogens is 1. The molecular weight excluding hydrogens is 382 g/mol. The number of ether oxygens (including phenoxy) is 1. The van der Waals surface area contributed by atoms with Gasteiger partial charge in [-0.25, -0.2) is 0 Å². The molecule has 0 aliphatic heterocycles. The zero-order valence-electron chi connectivity index (χ0n) is 12.4. The fraction of sp³-hybridized carbons (Fsp3) is 0.200. The number of thioether (sulfide) groups is 1. The summed E-state index contributed by atoms with van der Waals surface area (Å²) >= 11 is 4.61. The van der Waals surface area contributed by atoms with E-state index in [1.807, 2.05) is 31.2 Å². The summed E-state index contributed by atoms with van der Waals surface area (Å²) in [5.74, 6) is 0.298. The van der Waals surface area contributed by atoms with Gasteiger partial charge in [-0.15, -0.1) is 11.8 Å². The lowest BCUT2D eigenvalue weighted by atomic mass is 10.3. The Hall–Kier alpha value is -1.93. The maximum absolute atomic E-state index is 11.7. The summed E-state index contributed by atoms with van der Waals surface area (Å²) in [4.78, 5) is 27.2. The number of carbonyl (C=O) groups excluding carboxylic acids is 2. The van der Waals surface area contributed by atoms with Crippen molar-refractivity contribution >= 4 is 39.5 Å². The molecule has 6 nitrogen and oxygen atoms in total. The van der Waals surface area contributed by atoms with Crippen LogP contribution in [0.2, 0.25) is 0 Å². The predicted octanol–water partition coefficient (Wildman–Crippen LogP) is 2.73. The number of hydrazine groups is 1. The van der Waals surface area contributed by atoms with E-state index in [1.54, 1.807) is 12.3 Å². The van der Waals surface area contributed by atoms with Crippen LogP contribution in [0.4, 0.5) is 0 Å². The highest BCUT2D eigenvalue weighted by Gasteiger charge is 2.09. The average Bonchev–Trinajstić information content (AvgIpc) is 2.99. The first-order valence-corrected chi connectivity index (χ1v) is 8.65. The second-order valence-electron chi connectivity index (χ2n) is 4.43. The van der Waals surface area contributed by atoms with Gasteiger partial charge in [-0.3, -0.25) is 20.4 Å². The average molecular weight is 398 g/mol. The summed E-state index contributed by atoms with van der Waals surface area (Å²) in [5.41, 5.74) is 5.08. The summed E-state index contributed by atoms with van der Waals surface area (Å²) in [6.45, 7) is 2.54. The van der Waals surface area contributed by atoms with E-state index >= 15 is 0 Å². The topological polar surface area (TPSA) is 83.2 Å². The molecule has 0 aliphatic rings. The van der Waals surface area contributed by atoms with E-state index in [-0.39, 0.29) is 11.7 Å². The molecule has 2 aromatic rings. The smallest absolute Gasteiger partial charge is 0.286 e. The van der Waals surface area contributed by atoms with Crippen molar-refractivity contribution in [1.82, 2.24) is 15.8 Å². The summed E-state index contributed by atoms with van der Waals surface area (Å²) in [6, 6.07) is 9.11. The van der Waals surface area contributed by atoms with Gasteiger partial charge in [0.25, 0.3) is 5.91 Å². The summed E-state index contributed by atoms with van der Waals surface area (Å²) < 4.78 is 6.12. The maximum atomic E-state index is 11.7. The lowest BCUT2D eigenvalue weighted by Crippen LogP contribution is -2.42. The molecule has 0 aliphatic carbocycles. The number of rotatable bonds is 6. The fourth-order valence-electron chi connectivity index (χ4n) is 1.68. The first-order chi connectivity index (χ1) is 11.1. The number of halogens is 1. The van der Waals surface area contributed by atoms with Crippen LogP contribution in [0.5, 0.6) is 5.75 Å². The third-order valence-electron chi connectivity index (χ3n) is 2.71. The van der Waals surface area contributed by atoms with Crippen LogP contribution >= 0.6 is 27.7 Å². The first kappa shape index (κ1) is 17.4. The Labute approximate surface area is 146 Å². The van der Waals surface area contributed by atoms with Gasteiger partial charge in [0.05, 0.1) is 12.4 Å². The molecule has 0 spiro atoms. The van der Waals surface area contributed by atoms with E-state index in [1.165, 1.54) is 11.8 Å². The molecule has 0 saturated heterocycles. The summed E-state index contributed by atoms with van der Waals surface area (Å²) in [6.07, 6.45) is 1.64. The van der Waals surface area contributed by atoms with Crippen molar-refractivity contribution < 1.29 is 14.3 Å². The van der Waals surface area contributed by atoms with Crippen molar-refractivity contribution in [3.8, 4) is 5.75 Å². The van der Waals surface area contributed by atoms with E-state index in [0.717, 1.165) is 15.1 Å². The van der Waals surface area contributed by atoms with Crippen LogP contribution in [0.15, 0.2) is 45.9 Å². The van der Waals surface area contributed by atoms with Gasteiger partial charge in [0, 0.05) is 15.6 Å². The Morgan fingerprint density at radius 3 is 2.61 bits per heavy atom. The molecule has 0 saturated carbocycles. The molecule has 2 rings (SSSR count). The third-order valence-corrected chi connectivity index (χ3v) is 4.18. The van der Waals surface area contributed by atoms with Crippen LogP contribution in [0.25, 0.3) is 0 Å². The van der Waals surface area contributed by atoms with Gasteiger partial charge in [0.15, 0.2) is 0 Å². The number of carbonyl (C=O) groups is 2. The highest BCUT2D eigenvalue weighted by atomic mass is 79.9. The number of benzene rings is 1. The molecule has 0 unspecified atom stereocenters. The van der Waals surface area contributed by atoms with Gasteiger partial charge in [-0.1, -0.05) is 0 Å². The Bertz CT molecular complexity index is 673. The third kappa shape index (κ3) is 5.65.